The number of thiophene rings is 2. The molecule has 0 radical (unpaired) electrons. The molecule has 0 aliphatic heterocycles. The largest absolute Gasteiger partial charge is 0.351 e. The van der Waals surface area contributed by atoms with E-state index < -0.39 is 6.04 Å². The lowest BCUT2D eigenvalue weighted by Gasteiger charge is -2.32. The fraction of sp³-hybridized carbons (Fsp3) is 0.409. The fourth-order valence-corrected chi connectivity index (χ4v) is 5.12. The van der Waals surface area contributed by atoms with Crippen LogP contribution in [-0.2, 0) is 9.59 Å². The third-order valence-electron chi connectivity index (χ3n) is 5.12. The minimum atomic E-state index is -0.740. The van der Waals surface area contributed by atoms with Gasteiger partial charge in [0.05, 0.1) is 11.4 Å². The van der Waals surface area contributed by atoms with Gasteiger partial charge in [0.25, 0.3) is 5.91 Å². The van der Waals surface area contributed by atoms with Crippen LogP contribution in [-0.4, -0.2) is 41.8 Å². The van der Waals surface area contributed by atoms with E-state index in [0.717, 1.165) is 30.6 Å². The van der Waals surface area contributed by atoms with Gasteiger partial charge in [0.15, 0.2) is 0 Å². The number of carbonyl (C=O) groups is 3. The van der Waals surface area contributed by atoms with Crippen LogP contribution in [0, 0.1) is 0 Å². The summed E-state index contributed by atoms with van der Waals surface area (Å²) in [6, 6.07) is 6.63. The first-order valence-electron chi connectivity index (χ1n) is 10.2. The molecule has 1 aliphatic rings. The van der Waals surface area contributed by atoms with E-state index >= 15 is 0 Å². The van der Waals surface area contributed by atoms with E-state index in [1.54, 1.807) is 18.2 Å². The van der Waals surface area contributed by atoms with Gasteiger partial charge in [0.1, 0.15) is 6.04 Å². The molecular weight excluding hydrogens is 418 g/mol. The third-order valence-corrected chi connectivity index (χ3v) is 6.91. The minimum Gasteiger partial charge on any atom is -0.351 e. The summed E-state index contributed by atoms with van der Waals surface area (Å²) >= 11 is 2.76. The van der Waals surface area contributed by atoms with E-state index in [1.807, 2.05) is 22.9 Å². The van der Waals surface area contributed by atoms with Crippen molar-refractivity contribution in [2.75, 3.05) is 13.1 Å². The van der Waals surface area contributed by atoms with E-state index in [2.05, 4.69) is 17.2 Å². The summed E-state index contributed by atoms with van der Waals surface area (Å²) in [5, 5.41) is 9.51. The lowest BCUT2D eigenvalue weighted by atomic mass is 9.95. The first kappa shape index (κ1) is 22.2. The van der Waals surface area contributed by atoms with Crippen LogP contribution in [0.2, 0.25) is 0 Å². The van der Waals surface area contributed by atoms with Crippen LogP contribution in [0.4, 0.5) is 0 Å². The molecule has 2 aromatic rings. The molecular formula is C22H27N3O3S2. The monoisotopic (exact) mass is 445 g/mol. The van der Waals surface area contributed by atoms with Gasteiger partial charge in [0, 0.05) is 17.5 Å². The number of amides is 3. The zero-order chi connectivity index (χ0) is 21.3. The van der Waals surface area contributed by atoms with Crippen molar-refractivity contribution in [3.63, 3.8) is 0 Å². The van der Waals surface area contributed by atoms with Crippen LogP contribution in [0.15, 0.2) is 47.7 Å². The molecule has 1 saturated carbocycles. The third kappa shape index (κ3) is 5.79. The molecule has 0 spiro atoms. The quantitative estimate of drug-likeness (QED) is 0.577. The van der Waals surface area contributed by atoms with Crippen molar-refractivity contribution in [3.05, 3.63) is 57.4 Å². The molecule has 1 atom stereocenters. The van der Waals surface area contributed by atoms with Crippen molar-refractivity contribution < 1.29 is 14.4 Å². The number of nitrogens with zero attached hydrogens (tertiary/aromatic N) is 1. The highest BCUT2D eigenvalue weighted by molar-refractivity contribution is 7.12. The Balaban J connectivity index is 1.73. The highest BCUT2D eigenvalue weighted by Gasteiger charge is 2.33. The topological polar surface area (TPSA) is 78.5 Å². The number of carbonyl (C=O) groups excluding carboxylic acids is 3. The zero-order valence-electron chi connectivity index (χ0n) is 16.8. The number of rotatable bonds is 9. The maximum Gasteiger partial charge on any atom is 0.261 e. The summed E-state index contributed by atoms with van der Waals surface area (Å²) in [5.41, 5.74) is 0. The predicted octanol–water partition coefficient (Wildman–Crippen LogP) is 3.74. The SMILES string of the molecule is C=CCN(C(=O)CNC(=O)c1cccs1)C(C(=O)NC1CCCCC1)c1cccs1. The Labute approximate surface area is 185 Å². The summed E-state index contributed by atoms with van der Waals surface area (Å²) in [7, 11) is 0. The highest BCUT2D eigenvalue weighted by Crippen LogP contribution is 2.27. The zero-order valence-corrected chi connectivity index (χ0v) is 18.5. The fourth-order valence-electron chi connectivity index (χ4n) is 3.64. The summed E-state index contributed by atoms with van der Waals surface area (Å²) < 4.78 is 0. The lowest BCUT2D eigenvalue weighted by molar-refractivity contribution is -0.139. The first-order valence-corrected chi connectivity index (χ1v) is 11.9. The van der Waals surface area contributed by atoms with Gasteiger partial charge in [0.2, 0.25) is 11.8 Å². The van der Waals surface area contributed by atoms with Crippen molar-refractivity contribution in [2.45, 2.75) is 44.2 Å². The van der Waals surface area contributed by atoms with Crippen LogP contribution in [0.5, 0.6) is 0 Å². The summed E-state index contributed by atoms with van der Waals surface area (Å²) in [6.07, 6.45) is 6.96. The van der Waals surface area contributed by atoms with E-state index in [0.29, 0.717) is 4.88 Å². The Hall–Kier alpha value is -2.45. The van der Waals surface area contributed by atoms with Gasteiger partial charge >= 0.3 is 0 Å². The van der Waals surface area contributed by atoms with Crippen LogP contribution >= 0.6 is 22.7 Å². The molecule has 8 heteroatoms. The number of nitrogens with one attached hydrogen (secondary N) is 2. The van der Waals surface area contributed by atoms with Gasteiger partial charge < -0.3 is 15.5 Å². The van der Waals surface area contributed by atoms with Crippen molar-refractivity contribution >= 4 is 40.4 Å². The minimum absolute atomic E-state index is 0.146. The second-order valence-corrected chi connectivity index (χ2v) is 9.18. The molecule has 0 aromatic carbocycles. The smallest absolute Gasteiger partial charge is 0.261 e. The molecule has 2 aromatic heterocycles. The van der Waals surface area contributed by atoms with Crippen LogP contribution in [0.1, 0.15) is 52.7 Å². The molecule has 2 heterocycles. The second kappa shape index (κ2) is 11.1. The van der Waals surface area contributed by atoms with E-state index in [9.17, 15) is 14.4 Å². The van der Waals surface area contributed by atoms with E-state index in [-0.39, 0.29) is 36.9 Å². The summed E-state index contributed by atoms with van der Waals surface area (Å²) in [4.78, 5) is 41.3. The summed E-state index contributed by atoms with van der Waals surface area (Å²) in [6.45, 7) is 3.79. The molecule has 6 nitrogen and oxygen atoms in total. The average Bonchev–Trinajstić information content (AvgIpc) is 3.46. The molecule has 1 fully saturated rings. The van der Waals surface area contributed by atoms with Gasteiger partial charge in [-0.25, -0.2) is 0 Å². The van der Waals surface area contributed by atoms with Crippen molar-refractivity contribution in [1.82, 2.24) is 15.5 Å². The Morgan fingerprint density at radius 3 is 2.50 bits per heavy atom. The summed E-state index contributed by atoms with van der Waals surface area (Å²) in [5.74, 6) is -0.794. The molecule has 160 valence electrons. The molecule has 0 bridgehead atoms. The Morgan fingerprint density at radius 2 is 1.87 bits per heavy atom. The Morgan fingerprint density at radius 1 is 1.13 bits per heavy atom. The van der Waals surface area contributed by atoms with E-state index in [1.165, 1.54) is 34.0 Å². The Bertz CT molecular complexity index is 843. The predicted molar refractivity (Wildman–Crippen MR) is 121 cm³/mol. The number of hydrogen-bond donors (Lipinski definition) is 2. The second-order valence-electron chi connectivity index (χ2n) is 7.26. The van der Waals surface area contributed by atoms with Gasteiger partial charge in [-0.05, 0) is 35.7 Å². The molecule has 3 rings (SSSR count). The van der Waals surface area contributed by atoms with Crippen molar-refractivity contribution in [2.24, 2.45) is 0 Å². The average molecular weight is 446 g/mol. The molecule has 3 amide bonds. The molecule has 1 aliphatic carbocycles. The molecule has 2 N–H and O–H groups in total. The highest BCUT2D eigenvalue weighted by atomic mass is 32.1. The first-order chi connectivity index (χ1) is 14.6. The number of hydrogen-bond acceptors (Lipinski definition) is 5. The normalized spacial score (nSPS) is 15.2. The van der Waals surface area contributed by atoms with Crippen molar-refractivity contribution in [1.29, 1.82) is 0 Å². The van der Waals surface area contributed by atoms with Gasteiger partial charge in [-0.3, -0.25) is 14.4 Å². The van der Waals surface area contributed by atoms with Gasteiger partial charge in [-0.1, -0.05) is 37.5 Å². The van der Waals surface area contributed by atoms with Gasteiger partial charge in [-0.2, -0.15) is 0 Å². The van der Waals surface area contributed by atoms with Crippen molar-refractivity contribution in [3.8, 4) is 0 Å². The standard InChI is InChI=1S/C22H27N3O3S2/c1-2-12-25(19(26)15-23-21(27)18-11-7-14-30-18)20(17-10-6-13-29-17)22(28)24-16-8-4-3-5-9-16/h2,6-7,10-11,13-14,16,20H,1,3-5,8-9,12,15H2,(H,23,27)(H,24,28). The molecule has 0 saturated heterocycles. The maximum absolute atomic E-state index is 13.2. The van der Waals surface area contributed by atoms with Crippen LogP contribution in [0.25, 0.3) is 0 Å². The van der Waals surface area contributed by atoms with E-state index in [4.69, 9.17) is 0 Å². The Kier molecular flexibility index (Phi) is 8.21. The maximum atomic E-state index is 13.2. The lowest BCUT2D eigenvalue weighted by Crippen LogP contribution is -2.49. The van der Waals surface area contributed by atoms with Crippen LogP contribution < -0.4 is 10.6 Å². The molecule has 30 heavy (non-hydrogen) atoms. The van der Waals surface area contributed by atoms with Gasteiger partial charge in [-0.15, -0.1) is 29.3 Å². The molecule has 1 unspecified atom stereocenters. The van der Waals surface area contributed by atoms with Crippen LogP contribution in [0.3, 0.4) is 0 Å².